The number of aromatic nitrogens is 2. The molecule has 3 rings (SSSR count). The molecule has 0 spiro atoms. The Hall–Kier alpha value is -1.94. The van der Waals surface area contributed by atoms with E-state index in [2.05, 4.69) is 15.3 Å². The largest absolute Gasteiger partial charge is 0.317 e. The molecule has 0 atom stereocenters. The third-order valence-corrected chi connectivity index (χ3v) is 3.84. The molecule has 4 nitrogen and oxygen atoms in total. The Labute approximate surface area is 118 Å². The number of nitrogens with zero attached hydrogens (tertiary/aromatic N) is 1. The molecule has 1 aromatic heterocycles. The minimum absolute atomic E-state index is 0.0656. The summed E-state index contributed by atoms with van der Waals surface area (Å²) in [5, 5.41) is 3.34. The molecule has 1 aliphatic rings. The first-order chi connectivity index (χ1) is 9.72. The van der Waals surface area contributed by atoms with Gasteiger partial charge in [-0.2, -0.15) is 0 Å². The number of piperidine rings is 1. The van der Waals surface area contributed by atoms with Crippen LogP contribution in [0.1, 0.15) is 30.0 Å². The summed E-state index contributed by atoms with van der Waals surface area (Å²) in [6.45, 7) is 4.05. The molecule has 104 valence electrons. The van der Waals surface area contributed by atoms with Crippen molar-refractivity contribution in [1.29, 1.82) is 0 Å². The van der Waals surface area contributed by atoms with Gasteiger partial charge in [0.25, 0.3) is 5.56 Å². The van der Waals surface area contributed by atoms with Crippen LogP contribution in [0.4, 0.5) is 0 Å². The molecule has 0 aliphatic carbocycles. The van der Waals surface area contributed by atoms with Crippen molar-refractivity contribution in [2.75, 3.05) is 13.1 Å². The summed E-state index contributed by atoms with van der Waals surface area (Å²) in [6.07, 6.45) is 2.09. The van der Waals surface area contributed by atoms with E-state index < -0.39 is 0 Å². The van der Waals surface area contributed by atoms with Gasteiger partial charge in [0, 0.05) is 17.5 Å². The zero-order valence-electron chi connectivity index (χ0n) is 11.6. The fourth-order valence-electron chi connectivity index (χ4n) is 2.65. The molecular weight excluding hydrogens is 250 g/mol. The van der Waals surface area contributed by atoms with Crippen LogP contribution in [0.2, 0.25) is 0 Å². The van der Waals surface area contributed by atoms with Crippen LogP contribution >= 0.6 is 0 Å². The summed E-state index contributed by atoms with van der Waals surface area (Å²) in [6, 6.07) is 9.71. The number of aryl methyl sites for hydroxylation is 1. The maximum Gasteiger partial charge on any atom is 0.251 e. The second-order valence-electron chi connectivity index (χ2n) is 5.41. The van der Waals surface area contributed by atoms with Crippen LogP contribution in [0, 0.1) is 6.92 Å². The highest BCUT2D eigenvalue weighted by atomic mass is 16.1. The molecule has 20 heavy (non-hydrogen) atoms. The van der Waals surface area contributed by atoms with Gasteiger partial charge in [-0.15, -0.1) is 0 Å². The number of benzene rings is 1. The first-order valence-electron chi connectivity index (χ1n) is 7.11. The van der Waals surface area contributed by atoms with Crippen molar-refractivity contribution in [1.82, 2.24) is 15.3 Å². The molecule has 1 aromatic carbocycles. The molecular formula is C16H19N3O. The lowest BCUT2D eigenvalue weighted by Crippen LogP contribution is -2.28. The van der Waals surface area contributed by atoms with Gasteiger partial charge in [-0.1, -0.05) is 29.8 Å². The molecule has 0 saturated carbocycles. The smallest absolute Gasteiger partial charge is 0.251 e. The Morgan fingerprint density at radius 1 is 1.15 bits per heavy atom. The summed E-state index contributed by atoms with van der Waals surface area (Å²) >= 11 is 0. The van der Waals surface area contributed by atoms with Gasteiger partial charge < -0.3 is 10.3 Å². The average Bonchev–Trinajstić information content (AvgIpc) is 2.48. The van der Waals surface area contributed by atoms with Gasteiger partial charge in [0.1, 0.15) is 5.82 Å². The highest BCUT2D eigenvalue weighted by molar-refractivity contribution is 5.55. The number of H-pyrrole nitrogens is 1. The molecule has 2 aromatic rings. The summed E-state index contributed by atoms with van der Waals surface area (Å²) in [5.41, 5.74) is 3.02. The van der Waals surface area contributed by atoms with E-state index in [0.29, 0.717) is 11.7 Å². The molecule has 1 saturated heterocycles. The lowest BCUT2D eigenvalue weighted by molar-refractivity contribution is 0.453. The van der Waals surface area contributed by atoms with Crippen molar-refractivity contribution in [3.63, 3.8) is 0 Å². The zero-order valence-corrected chi connectivity index (χ0v) is 11.6. The monoisotopic (exact) mass is 269 g/mol. The maximum atomic E-state index is 11.9. The molecule has 1 fully saturated rings. The first kappa shape index (κ1) is 13.1. The number of aromatic amines is 1. The van der Waals surface area contributed by atoms with E-state index in [1.54, 1.807) is 6.07 Å². The lowest BCUT2D eigenvalue weighted by Gasteiger charge is -2.22. The second kappa shape index (κ2) is 5.59. The standard InChI is InChI=1S/C16H19N3O/c1-11-2-4-13(5-3-11)16-18-14(10-15(20)19-16)12-6-8-17-9-7-12/h2-5,10,12,17H,6-9H2,1H3,(H,18,19,20). The van der Waals surface area contributed by atoms with Gasteiger partial charge in [0.2, 0.25) is 0 Å². The number of hydrogen-bond acceptors (Lipinski definition) is 3. The molecule has 0 bridgehead atoms. The molecule has 2 N–H and O–H groups in total. The molecule has 0 amide bonds. The Morgan fingerprint density at radius 3 is 2.55 bits per heavy atom. The number of rotatable bonds is 2. The summed E-state index contributed by atoms with van der Waals surface area (Å²) in [7, 11) is 0. The van der Waals surface area contributed by atoms with Gasteiger partial charge in [-0.25, -0.2) is 4.98 Å². The summed E-state index contributed by atoms with van der Waals surface area (Å²) in [5.74, 6) is 1.06. The first-order valence-corrected chi connectivity index (χ1v) is 7.11. The highest BCUT2D eigenvalue weighted by Gasteiger charge is 2.17. The van der Waals surface area contributed by atoms with E-state index >= 15 is 0 Å². The summed E-state index contributed by atoms with van der Waals surface area (Å²) < 4.78 is 0. The fraction of sp³-hybridized carbons (Fsp3) is 0.375. The van der Waals surface area contributed by atoms with Crippen molar-refractivity contribution in [2.24, 2.45) is 0 Å². The highest BCUT2D eigenvalue weighted by Crippen LogP contribution is 2.24. The van der Waals surface area contributed by atoms with Gasteiger partial charge in [0.05, 0.1) is 5.69 Å². The Bertz CT molecular complexity index is 640. The number of nitrogens with one attached hydrogen (secondary N) is 2. The van der Waals surface area contributed by atoms with Crippen LogP contribution in [0.25, 0.3) is 11.4 Å². The summed E-state index contributed by atoms with van der Waals surface area (Å²) in [4.78, 5) is 19.4. The Balaban J connectivity index is 1.97. The average molecular weight is 269 g/mol. The van der Waals surface area contributed by atoms with Crippen molar-refractivity contribution < 1.29 is 0 Å². The SMILES string of the molecule is Cc1ccc(-c2nc(C3CCNCC3)cc(=O)[nH]2)cc1. The fourth-order valence-corrected chi connectivity index (χ4v) is 2.65. The van der Waals surface area contributed by atoms with Crippen LogP contribution in [0.3, 0.4) is 0 Å². The van der Waals surface area contributed by atoms with E-state index in [0.717, 1.165) is 37.2 Å². The van der Waals surface area contributed by atoms with Crippen LogP contribution < -0.4 is 10.9 Å². The van der Waals surface area contributed by atoms with Gasteiger partial charge in [0.15, 0.2) is 0 Å². The third-order valence-electron chi connectivity index (χ3n) is 3.84. The third kappa shape index (κ3) is 2.80. The second-order valence-corrected chi connectivity index (χ2v) is 5.41. The van der Waals surface area contributed by atoms with E-state index in [9.17, 15) is 4.79 Å². The van der Waals surface area contributed by atoms with Crippen LogP contribution in [-0.4, -0.2) is 23.1 Å². The van der Waals surface area contributed by atoms with E-state index in [1.807, 2.05) is 31.2 Å². The van der Waals surface area contributed by atoms with Crippen molar-refractivity contribution in [2.45, 2.75) is 25.7 Å². The van der Waals surface area contributed by atoms with Crippen molar-refractivity contribution in [3.05, 3.63) is 51.9 Å². The molecule has 1 aliphatic heterocycles. The van der Waals surface area contributed by atoms with Crippen LogP contribution in [0.15, 0.2) is 35.1 Å². The topological polar surface area (TPSA) is 57.8 Å². The molecule has 2 heterocycles. The van der Waals surface area contributed by atoms with Crippen LogP contribution in [-0.2, 0) is 0 Å². The Kier molecular flexibility index (Phi) is 3.65. The van der Waals surface area contributed by atoms with Gasteiger partial charge in [-0.3, -0.25) is 4.79 Å². The van der Waals surface area contributed by atoms with Crippen molar-refractivity contribution >= 4 is 0 Å². The van der Waals surface area contributed by atoms with Gasteiger partial charge >= 0.3 is 0 Å². The van der Waals surface area contributed by atoms with E-state index in [-0.39, 0.29) is 5.56 Å². The predicted octanol–water partition coefficient (Wildman–Crippen LogP) is 2.21. The lowest BCUT2D eigenvalue weighted by atomic mass is 9.94. The zero-order chi connectivity index (χ0) is 13.9. The van der Waals surface area contributed by atoms with E-state index in [4.69, 9.17) is 0 Å². The van der Waals surface area contributed by atoms with Crippen molar-refractivity contribution in [3.8, 4) is 11.4 Å². The quantitative estimate of drug-likeness (QED) is 0.879. The van der Waals surface area contributed by atoms with E-state index in [1.165, 1.54) is 5.56 Å². The maximum absolute atomic E-state index is 11.9. The number of hydrogen-bond donors (Lipinski definition) is 2. The van der Waals surface area contributed by atoms with Crippen LogP contribution in [0.5, 0.6) is 0 Å². The van der Waals surface area contributed by atoms with Gasteiger partial charge in [-0.05, 0) is 32.9 Å². The molecule has 4 heteroatoms. The molecule has 0 unspecified atom stereocenters. The minimum atomic E-state index is -0.0656. The Morgan fingerprint density at radius 2 is 1.85 bits per heavy atom. The normalized spacial score (nSPS) is 16.2. The predicted molar refractivity (Wildman–Crippen MR) is 79.9 cm³/mol. The minimum Gasteiger partial charge on any atom is -0.317 e. The molecule has 0 radical (unpaired) electrons.